The zero-order chi connectivity index (χ0) is 37.6. The summed E-state index contributed by atoms with van der Waals surface area (Å²) in [6.07, 6.45) is 15.5. The van der Waals surface area contributed by atoms with Crippen molar-refractivity contribution in [2.75, 3.05) is 15.7 Å². The normalized spacial score (nSPS) is 12.2. The van der Waals surface area contributed by atoms with Crippen molar-refractivity contribution in [1.29, 1.82) is 0 Å². The van der Waals surface area contributed by atoms with Gasteiger partial charge in [-0.1, -0.05) is 24.3 Å². The van der Waals surface area contributed by atoms with Crippen LogP contribution in [0.1, 0.15) is 13.8 Å². The van der Waals surface area contributed by atoms with Gasteiger partial charge in [0.2, 0.25) is 20.0 Å². The lowest BCUT2D eigenvalue weighted by Crippen LogP contribution is -2.22. The number of nitrogens with one attached hydrogen (secondary N) is 2. The Balaban J connectivity index is 0.951. The molecule has 16 nitrogen and oxygen atoms in total. The first-order valence-electron chi connectivity index (χ1n) is 16.8. The average molecular weight is 763 g/mol. The van der Waals surface area contributed by atoms with Crippen LogP contribution in [0.15, 0.2) is 110 Å². The molecule has 54 heavy (non-hydrogen) atoms. The molecule has 0 bridgehead atoms. The van der Waals surface area contributed by atoms with Crippen molar-refractivity contribution in [3.05, 3.63) is 110 Å². The zero-order valence-electron chi connectivity index (χ0n) is 29.3. The molecular weight excluding hydrogens is 729 g/mol. The first-order valence-corrected chi connectivity index (χ1v) is 20.2. The highest BCUT2D eigenvalue weighted by molar-refractivity contribution is 7.93. The summed E-state index contributed by atoms with van der Waals surface area (Å²) >= 11 is 0. The average Bonchev–Trinajstić information content (AvgIpc) is 3.96. The van der Waals surface area contributed by atoms with Gasteiger partial charge in [-0.3, -0.25) is 18.8 Å². The van der Waals surface area contributed by atoms with Gasteiger partial charge in [0, 0.05) is 69.5 Å². The van der Waals surface area contributed by atoms with Crippen LogP contribution in [0.3, 0.4) is 0 Å². The Hall–Kier alpha value is -6.40. The first kappa shape index (κ1) is 34.7. The summed E-state index contributed by atoms with van der Waals surface area (Å²) in [5.41, 5.74) is 9.34. The number of rotatable bonds is 12. The van der Waals surface area contributed by atoms with E-state index in [0.717, 1.165) is 50.7 Å². The summed E-state index contributed by atoms with van der Waals surface area (Å²) < 4.78 is 60.1. The van der Waals surface area contributed by atoms with Crippen molar-refractivity contribution in [1.82, 2.24) is 48.8 Å². The molecule has 6 aromatic heterocycles. The van der Waals surface area contributed by atoms with Crippen LogP contribution in [0.5, 0.6) is 0 Å². The van der Waals surface area contributed by atoms with E-state index in [4.69, 9.17) is 0 Å². The lowest BCUT2D eigenvalue weighted by Gasteiger charge is -2.11. The lowest BCUT2D eigenvalue weighted by atomic mass is 10.1. The van der Waals surface area contributed by atoms with E-state index in [0.29, 0.717) is 35.9 Å². The molecule has 6 heterocycles. The summed E-state index contributed by atoms with van der Waals surface area (Å²) in [5.74, 6) is 0. The molecule has 0 aliphatic heterocycles. The molecule has 8 aromatic rings. The molecule has 0 amide bonds. The Bertz CT molecular complexity index is 2860. The number of aryl methyl sites for hydroxylation is 2. The Morgan fingerprint density at radius 2 is 1.02 bits per heavy atom. The van der Waals surface area contributed by atoms with Gasteiger partial charge in [-0.05, 0) is 50.2 Å². The van der Waals surface area contributed by atoms with Crippen LogP contribution in [0.25, 0.3) is 55.8 Å². The molecular formula is C36H34N12O4S2. The van der Waals surface area contributed by atoms with Crippen LogP contribution in [-0.2, 0) is 33.1 Å². The van der Waals surface area contributed by atoms with Gasteiger partial charge in [-0.25, -0.2) is 35.8 Å². The van der Waals surface area contributed by atoms with E-state index in [2.05, 4.69) is 39.8 Å². The topological polar surface area (TPSA) is 188 Å². The molecule has 2 aromatic carbocycles. The van der Waals surface area contributed by atoms with Crippen LogP contribution in [0.4, 0.5) is 11.4 Å². The third kappa shape index (κ3) is 7.15. The first-order chi connectivity index (χ1) is 25.9. The minimum atomic E-state index is -3.45. The van der Waals surface area contributed by atoms with Crippen molar-refractivity contribution in [3.63, 3.8) is 0 Å². The SMILES string of the molecule is CC(C)S(=O)(=O)Nc1ccc(-c2ncnn3cc(-c4cnn(CCn5cc(-c6cc7c(-c8ccc(NS(C)(=O)=O)cc8)ncnn7c6)cn5)c4)cc23)cc1. The van der Waals surface area contributed by atoms with Crippen molar-refractivity contribution < 1.29 is 16.8 Å². The molecule has 0 radical (unpaired) electrons. The number of nitrogens with zero attached hydrogens (tertiary/aromatic N) is 10. The van der Waals surface area contributed by atoms with Gasteiger partial charge in [0.05, 0.1) is 59.4 Å². The summed E-state index contributed by atoms with van der Waals surface area (Å²) in [5, 5.41) is 17.4. The van der Waals surface area contributed by atoms with Gasteiger partial charge >= 0.3 is 0 Å². The van der Waals surface area contributed by atoms with Crippen molar-refractivity contribution in [2.45, 2.75) is 32.2 Å². The molecule has 2 N–H and O–H groups in total. The van der Waals surface area contributed by atoms with Gasteiger partial charge in [0.25, 0.3) is 0 Å². The van der Waals surface area contributed by atoms with Crippen LogP contribution in [-0.4, -0.2) is 77.1 Å². The zero-order valence-corrected chi connectivity index (χ0v) is 30.9. The van der Waals surface area contributed by atoms with E-state index in [-0.39, 0.29) is 0 Å². The number of benzene rings is 2. The molecule has 0 spiro atoms. The van der Waals surface area contributed by atoms with E-state index in [1.165, 1.54) is 12.7 Å². The molecule has 0 aliphatic carbocycles. The molecule has 0 saturated carbocycles. The van der Waals surface area contributed by atoms with Gasteiger partial charge in [0.1, 0.15) is 12.7 Å². The molecule has 0 fully saturated rings. The number of sulfonamides is 2. The molecule has 274 valence electrons. The third-order valence-electron chi connectivity index (χ3n) is 8.80. The predicted octanol–water partition coefficient (Wildman–Crippen LogP) is 5.05. The summed E-state index contributed by atoms with van der Waals surface area (Å²) in [6.45, 7) is 4.44. The maximum absolute atomic E-state index is 12.3. The fraction of sp³-hybridized carbons (Fsp3) is 0.167. The number of hydrogen-bond donors (Lipinski definition) is 2. The predicted molar refractivity (Wildman–Crippen MR) is 205 cm³/mol. The highest BCUT2D eigenvalue weighted by atomic mass is 32.2. The maximum Gasteiger partial charge on any atom is 0.235 e. The molecule has 0 saturated heterocycles. The Labute approximate surface area is 310 Å². The summed E-state index contributed by atoms with van der Waals surface area (Å²) in [7, 11) is -6.82. The largest absolute Gasteiger partial charge is 0.284 e. The molecule has 8 rings (SSSR count). The number of anilines is 2. The minimum Gasteiger partial charge on any atom is -0.284 e. The second-order valence-electron chi connectivity index (χ2n) is 13.0. The van der Waals surface area contributed by atoms with Crippen molar-refractivity contribution >= 4 is 42.5 Å². The fourth-order valence-corrected chi connectivity index (χ4v) is 7.25. The van der Waals surface area contributed by atoms with Gasteiger partial charge in [-0.15, -0.1) is 0 Å². The quantitative estimate of drug-likeness (QED) is 0.170. The van der Waals surface area contributed by atoms with E-state index in [1.807, 2.05) is 82.9 Å². The highest BCUT2D eigenvalue weighted by Gasteiger charge is 2.17. The van der Waals surface area contributed by atoms with E-state index in [1.54, 1.807) is 47.1 Å². The van der Waals surface area contributed by atoms with Gasteiger partial charge < -0.3 is 0 Å². The Morgan fingerprint density at radius 1 is 0.574 bits per heavy atom. The second kappa shape index (κ2) is 13.5. The molecule has 0 unspecified atom stereocenters. The summed E-state index contributed by atoms with van der Waals surface area (Å²) in [6, 6.07) is 18.2. The van der Waals surface area contributed by atoms with Crippen LogP contribution >= 0.6 is 0 Å². The van der Waals surface area contributed by atoms with Gasteiger partial charge in [0.15, 0.2) is 0 Å². The standard InChI is InChI=1S/C36H34N12O4S2/c1-24(2)54(51,52)44-32-10-6-26(7-11-32)36-34-15-28(21-48(34)42-23-38-36)30-17-40-46(19-30)13-12-45-18-29(16-39-45)27-14-33-35(37-22-41-47(33)20-27)25-4-8-31(9-5-25)43-53(3,49)50/h4-11,14-24,43-44H,12-13H2,1-3H3. The Kier molecular flexibility index (Phi) is 8.69. The molecule has 18 heteroatoms. The number of aromatic nitrogens is 10. The smallest absolute Gasteiger partial charge is 0.235 e. The fourth-order valence-electron chi connectivity index (χ4n) is 5.98. The molecule has 0 aliphatic rings. The van der Waals surface area contributed by atoms with E-state index in [9.17, 15) is 16.8 Å². The minimum absolute atomic E-state index is 0.473. The van der Waals surface area contributed by atoms with Crippen LogP contribution in [0.2, 0.25) is 0 Å². The Morgan fingerprint density at radius 3 is 1.44 bits per heavy atom. The number of hydrogen-bond acceptors (Lipinski definition) is 10. The lowest BCUT2D eigenvalue weighted by molar-refractivity contribution is 0.500. The van der Waals surface area contributed by atoms with Crippen LogP contribution in [0, 0.1) is 0 Å². The van der Waals surface area contributed by atoms with E-state index < -0.39 is 25.3 Å². The molecule has 0 atom stereocenters. The van der Waals surface area contributed by atoms with Crippen LogP contribution < -0.4 is 9.44 Å². The second-order valence-corrected chi connectivity index (χ2v) is 17.0. The van der Waals surface area contributed by atoms with E-state index >= 15 is 0 Å². The summed E-state index contributed by atoms with van der Waals surface area (Å²) in [4.78, 5) is 9.02. The number of fused-ring (bicyclic) bond motifs is 2. The van der Waals surface area contributed by atoms with Gasteiger partial charge in [-0.2, -0.15) is 20.4 Å². The monoisotopic (exact) mass is 762 g/mol. The maximum atomic E-state index is 12.3. The third-order valence-corrected chi connectivity index (χ3v) is 11.2. The van der Waals surface area contributed by atoms with Crippen molar-refractivity contribution in [2.24, 2.45) is 0 Å². The van der Waals surface area contributed by atoms with Crippen molar-refractivity contribution in [3.8, 4) is 44.8 Å². The highest BCUT2D eigenvalue weighted by Crippen LogP contribution is 2.30.